The average molecular weight is 237 g/mol. The van der Waals surface area contributed by atoms with Gasteiger partial charge in [-0.25, -0.2) is 13.8 Å². The van der Waals surface area contributed by atoms with E-state index in [2.05, 4.69) is 9.97 Å². The third-order valence-electron chi connectivity index (χ3n) is 2.09. The summed E-state index contributed by atoms with van der Waals surface area (Å²) >= 11 is 0. The van der Waals surface area contributed by atoms with Gasteiger partial charge in [-0.2, -0.15) is 0 Å². The largest absolute Gasteiger partial charge is 0.434 e. The van der Waals surface area contributed by atoms with Crippen LogP contribution >= 0.6 is 0 Å². The second kappa shape index (κ2) is 4.32. The normalized spacial score (nSPS) is 10.3. The topological polar surface area (TPSA) is 61.0 Å². The predicted octanol–water partition coefficient (Wildman–Crippen LogP) is 2.44. The maximum absolute atomic E-state index is 13.4. The molecule has 17 heavy (non-hydrogen) atoms. The van der Waals surface area contributed by atoms with Gasteiger partial charge in [-0.05, 0) is 6.92 Å². The number of benzene rings is 1. The highest BCUT2D eigenvalue weighted by Gasteiger charge is 2.11. The summed E-state index contributed by atoms with van der Waals surface area (Å²) in [7, 11) is 0. The first kappa shape index (κ1) is 11.3. The molecule has 2 N–H and O–H groups in total. The van der Waals surface area contributed by atoms with Crippen LogP contribution in [0.4, 0.5) is 14.5 Å². The molecule has 0 spiro atoms. The van der Waals surface area contributed by atoms with Gasteiger partial charge in [0.15, 0.2) is 11.6 Å². The highest BCUT2D eigenvalue weighted by atomic mass is 19.1. The molecule has 0 unspecified atom stereocenters. The molecule has 1 aromatic carbocycles. The molecule has 0 aliphatic carbocycles. The number of aromatic nitrogens is 2. The Hall–Kier alpha value is -2.24. The zero-order valence-electron chi connectivity index (χ0n) is 8.95. The van der Waals surface area contributed by atoms with Gasteiger partial charge in [0.2, 0.25) is 5.88 Å². The molecule has 0 aliphatic rings. The molecule has 0 bridgehead atoms. The zero-order valence-corrected chi connectivity index (χ0v) is 8.95. The Balaban J connectivity index is 2.37. The van der Waals surface area contributed by atoms with E-state index < -0.39 is 11.6 Å². The lowest BCUT2D eigenvalue weighted by Crippen LogP contribution is -1.98. The molecule has 6 heteroatoms. The van der Waals surface area contributed by atoms with Crippen LogP contribution in [0.2, 0.25) is 0 Å². The van der Waals surface area contributed by atoms with Crippen LogP contribution in [0.1, 0.15) is 5.69 Å². The number of nitrogens with two attached hydrogens (primary N) is 1. The predicted molar refractivity (Wildman–Crippen MR) is 57.6 cm³/mol. The van der Waals surface area contributed by atoms with Crippen LogP contribution in [0.25, 0.3) is 0 Å². The molecule has 0 amide bonds. The first-order valence-electron chi connectivity index (χ1n) is 4.78. The molecule has 0 aliphatic heterocycles. The van der Waals surface area contributed by atoms with Gasteiger partial charge >= 0.3 is 0 Å². The summed E-state index contributed by atoms with van der Waals surface area (Å²) < 4.78 is 31.7. The van der Waals surface area contributed by atoms with Crippen molar-refractivity contribution in [3.05, 3.63) is 41.9 Å². The Labute approximate surface area is 96.1 Å². The Kier molecular flexibility index (Phi) is 2.86. The fraction of sp³-hybridized carbons (Fsp3) is 0.0909. The minimum atomic E-state index is -0.756. The van der Waals surface area contributed by atoms with E-state index in [0.29, 0.717) is 5.69 Å². The number of anilines is 1. The molecular weight excluding hydrogens is 228 g/mol. The smallest absolute Gasteiger partial charge is 0.240 e. The van der Waals surface area contributed by atoms with Crippen LogP contribution in [0.15, 0.2) is 24.5 Å². The van der Waals surface area contributed by atoms with Gasteiger partial charge in [0.1, 0.15) is 5.82 Å². The minimum absolute atomic E-state index is 0.121. The summed E-state index contributed by atoms with van der Waals surface area (Å²) in [6, 6.07) is 1.73. The van der Waals surface area contributed by atoms with Crippen molar-refractivity contribution in [2.24, 2.45) is 0 Å². The standard InChI is InChI=1S/C11H9F2N3O/c1-6-11(16-3-2-15-6)17-10-5-7(12)9(14)4-8(10)13/h2-5H,14H2,1H3. The van der Waals surface area contributed by atoms with E-state index in [9.17, 15) is 8.78 Å². The van der Waals surface area contributed by atoms with Crippen molar-refractivity contribution in [1.82, 2.24) is 9.97 Å². The first-order chi connectivity index (χ1) is 8.08. The van der Waals surface area contributed by atoms with Crippen LogP contribution < -0.4 is 10.5 Å². The van der Waals surface area contributed by atoms with E-state index in [4.69, 9.17) is 10.5 Å². The summed E-state index contributed by atoms with van der Waals surface area (Å²) in [5.41, 5.74) is 5.42. The molecule has 4 nitrogen and oxygen atoms in total. The van der Waals surface area contributed by atoms with E-state index in [1.54, 1.807) is 6.92 Å². The van der Waals surface area contributed by atoms with E-state index in [0.717, 1.165) is 12.1 Å². The highest BCUT2D eigenvalue weighted by molar-refractivity contribution is 5.45. The number of nitrogen functional groups attached to an aromatic ring is 1. The van der Waals surface area contributed by atoms with Crippen molar-refractivity contribution >= 4 is 5.69 Å². The van der Waals surface area contributed by atoms with Crippen molar-refractivity contribution < 1.29 is 13.5 Å². The third kappa shape index (κ3) is 2.30. The van der Waals surface area contributed by atoms with Crippen LogP contribution in [0, 0.1) is 18.6 Å². The maximum atomic E-state index is 13.4. The van der Waals surface area contributed by atoms with Gasteiger partial charge in [0, 0.05) is 24.5 Å². The Morgan fingerprint density at radius 3 is 2.53 bits per heavy atom. The zero-order chi connectivity index (χ0) is 12.4. The molecule has 0 saturated carbocycles. The number of hydrogen-bond acceptors (Lipinski definition) is 4. The minimum Gasteiger partial charge on any atom is -0.434 e. The van der Waals surface area contributed by atoms with Crippen molar-refractivity contribution in [3.8, 4) is 11.6 Å². The fourth-order valence-corrected chi connectivity index (χ4v) is 1.22. The van der Waals surface area contributed by atoms with E-state index in [-0.39, 0.29) is 17.3 Å². The lowest BCUT2D eigenvalue weighted by atomic mass is 10.3. The van der Waals surface area contributed by atoms with Gasteiger partial charge in [-0.3, -0.25) is 4.98 Å². The number of ether oxygens (including phenoxy) is 1. The van der Waals surface area contributed by atoms with Gasteiger partial charge in [0.05, 0.1) is 11.4 Å². The molecule has 1 heterocycles. The Morgan fingerprint density at radius 1 is 1.12 bits per heavy atom. The average Bonchev–Trinajstić information content (AvgIpc) is 2.29. The second-order valence-electron chi connectivity index (χ2n) is 3.35. The van der Waals surface area contributed by atoms with Gasteiger partial charge in [-0.15, -0.1) is 0 Å². The van der Waals surface area contributed by atoms with E-state index >= 15 is 0 Å². The first-order valence-corrected chi connectivity index (χ1v) is 4.78. The van der Waals surface area contributed by atoms with Crippen LogP contribution in [-0.4, -0.2) is 9.97 Å². The Bertz CT molecular complexity index is 560. The van der Waals surface area contributed by atoms with Crippen molar-refractivity contribution in [2.45, 2.75) is 6.92 Å². The van der Waals surface area contributed by atoms with E-state index in [1.165, 1.54) is 12.4 Å². The number of hydrogen-bond donors (Lipinski definition) is 1. The SMILES string of the molecule is Cc1nccnc1Oc1cc(F)c(N)cc1F. The number of halogens is 2. The van der Waals surface area contributed by atoms with Gasteiger partial charge in [0.25, 0.3) is 0 Å². The monoisotopic (exact) mass is 237 g/mol. The summed E-state index contributed by atoms with van der Waals surface area (Å²) in [4.78, 5) is 7.78. The second-order valence-corrected chi connectivity index (χ2v) is 3.35. The summed E-state index contributed by atoms with van der Waals surface area (Å²) in [6.07, 6.45) is 2.87. The van der Waals surface area contributed by atoms with E-state index in [1.807, 2.05) is 0 Å². The van der Waals surface area contributed by atoms with Gasteiger partial charge in [-0.1, -0.05) is 0 Å². The van der Waals surface area contributed by atoms with Crippen LogP contribution in [-0.2, 0) is 0 Å². The molecule has 2 rings (SSSR count). The Morgan fingerprint density at radius 2 is 1.82 bits per heavy atom. The summed E-state index contributed by atoms with van der Waals surface area (Å²) in [6.45, 7) is 1.65. The molecule has 0 atom stereocenters. The van der Waals surface area contributed by atoms with Crippen molar-refractivity contribution in [2.75, 3.05) is 5.73 Å². The molecule has 2 aromatic rings. The number of nitrogens with zero attached hydrogens (tertiary/aromatic N) is 2. The lowest BCUT2D eigenvalue weighted by molar-refractivity contribution is 0.417. The molecular formula is C11H9F2N3O. The number of aryl methyl sites for hydroxylation is 1. The highest BCUT2D eigenvalue weighted by Crippen LogP contribution is 2.27. The van der Waals surface area contributed by atoms with Gasteiger partial charge < -0.3 is 10.5 Å². The maximum Gasteiger partial charge on any atom is 0.240 e. The van der Waals surface area contributed by atoms with Crippen LogP contribution in [0.5, 0.6) is 11.6 Å². The lowest BCUT2D eigenvalue weighted by Gasteiger charge is -2.08. The number of rotatable bonds is 2. The van der Waals surface area contributed by atoms with Crippen molar-refractivity contribution in [1.29, 1.82) is 0 Å². The summed E-state index contributed by atoms with van der Waals surface area (Å²) in [5.74, 6) is -1.66. The quantitative estimate of drug-likeness (QED) is 0.815. The molecule has 0 radical (unpaired) electrons. The fourth-order valence-electron chi connectivity index (χ4n) is 1.22. The third-order valence-corrected chi connectivity index (χ3v) is 2.09. The summed E-state index contributed by atoms with van der Waals surface area (Å²) in [5, 5.41) is 0. The van der Waals surface area contributed by atoms with Crippen molar-refractivity contribution in [3.63, 3.8) is 0 Å². The molecule has 0 saturated heterocycles. The van der Waals surface area contributed by atoms with Crippen LogP contribution in [0.3, 0.4) is 0 Å². The molecule has 0 fully saturated rings. The molecule has 1 aromatic heterocycles. The molecule has 88 valence electrons.